The van der Waals surface area contributed by atoms with Gasteiger partial charge in [-0.25, -0.2) is 0 Å². The van der Waals surface area contributed by atoms with Crippen LogP contribution in [0.5, 0.6) is 0 Å². The van der Waals surface area contributed by atoms with E-state index in [0.717, 1.165) is 0 Å². The van der Waals surface area contributed by atoms with Gasteiger partial charge in [-0.15, -0.1) is 40.6 Å². The van der Waals surface area contributed by atoms with Gasteiger partial charge in [0.05, 0.1) is 0 Å². The summed E-state index contributed by atoms with van der Waals surface area (Å²) >= 11 is 0. The second-order valence-corrected chi connectivity index (χ2v) is 4.88. The molecule has 86 valence electrons. The van der Waals surface area contributed by atoms with Crippen LogP contribution in [0, 0.1) is 0 Å². The first-order valence-electron chi connectivity index (χ1n) is 6.34. The minimum atomic E-state index is 0. The molecule has 0 radical (unpaired) electrons. The predicted octanol–water partition coefficient (Wildman–Crippen LogP) is 1.72. The Labute approximate surface area is 125 Å². The van der Waals surface area contributed by atoms with Crippen LogP contribution in [0.4, 0.5) is 0 Å². The molecule has 1 aliphatic rings. The molecule has 0 saturated carbocycles. The first-order chi connectivity index (χ1) is 8.92. The summed E-state index contributed by atoms with van der Waals surface area (Å²) in [6.45, 7) is 0. The number of rotatable bonds is 1. The molecule has 3 aromatic rings. The van der Waals surface area contributed by atoms with Crippen LogP contribution in [0.3, 0.4) is 0 Å². The standard InChI is InChI=1S/C18H13.Li/c1-2-7-15-12-16(11-14(15)6-1)18-10-9-13-5-3-4-8-17(13)18;/h1-12,18H;/q-1;+1. The molecule has 0 aromatic heterocycles. The minimum absolute atomic E-state index is 0. The number of hydrogen-bond acceptors (Lipinski definition) is 0. The van der Waals surface area contributed by atoms with Gasteiger partial charge >= 0.3 is 18.9 Å². The van der Waals surface area contributed by atoms with Gasteiger partial charge in [-0.3, -0.25) is 0 Å². The largest absolute Gasteiger partial charge is 1.00 e. The van der Waals surface area contributed by atoms with Crippen LogP contribution in [-0.4, -0.2) is 0 Å². The van der Waals surface area contributed by atoms with E-state index in [4.69, 9.17) is 0 Å². The van der Waals surface area contributed by atoms with Crippen LogP contribution in [0.1, 0.15) is 22.6 Å². The van der Waals surface area contributed by atoms with E-state index in [9.17, 15) is 0 Å². The molecule has 0 fully saturated rings. The molecule has 1 aliphatic carbocycles. The molecule has 19 heavy (non-hydrogen) atoms. The van der Waals surface area contributed by atoms with Crippen LogP contribution in [0.25, 0.3) is 16.8 Å². The predicted molar refractivity (Wildman–Crippen MR) is 76.9 cm³/mol. The maximum atomic E-state index is 2.31. The molecule has 1 unspecified atom stereocenters. The molecule has 0 saturated heterocycles. The van der Waals surface area contributed by atoms with Crippen molar-refractivity contribution in [3.05, 3.63) is 83.4 Å². The van der Waals surface area contributed by atoms with E-state index < -0.39 is 0 Å². The Morgan fingerprint density at radius 3 is 2.58 bits per heavy atom. The van der Waals surface area contributed by atoms with E-state index in [0.29, 0.717) is 5.92 Å². The second kappa shape index (κ2) is 4.81. The molecule has 4 rings (SSSR count). The summed E-state index contributed by atoms with van der Waals surface area (Å²) in [5, 5.41) is 2.68. The third-order valence-electron chi connectivity index (χ3n) is 3.80. The van der Waals surface area contributed by atoms with Crippen LogP contribution >= 0.6 is 0 Å². The molecule has 1 heteroatoms. The summed E-state index contributed by atoms with van der Waals surface area (Å²) in [4.78, 5) is 0. The van der Waals surface area contributed by atoms with Crippen molar-refractivity contribution in [3.8, 4) is 0 Å². The maximum absolute atomic E-state index is 2.31. The van der Waals surface area contributed by atoms with Crippen molar-refractivity contribution in [1.82, 2.24) is 0 Å². The Bertz CT molecular complexity index is 716. The van der Waals surface area contributed by atoms with E-state index in [1.807, 2.05) is 0 Å². The van der Waals surface area contributed by atoms with Crippen molar-refractivity contribution in [2.24, 2.45) is 0 Å². The van der Waals surface area contributed by atoms with Gasteiger partial charge in [0.15, 0.2) is 0 Å². The van der Waals surface area contributed by atoms with E-state index in [-0.39, 0.29) is 18.9 Å². The van der Waals surface area contributed by atoms with Crippen molar-refractivity contribution in [3.63, 3.8) is 0 Å². The summed E-state index contributed by atoms with van der Waals surface area (Å²) in [7, 11) is 0. The van der Waals surface area contributed by atoms with Crippen LogP contribution < -0.4 is 18.9 Å². The number of fused-ring (bicyclic) bond motifs is 2. The summed E-state index contributed by atoms with van der Waals surface area (Å²) in [6.07, 6.45) is 4.54. The van der Waals surface area contributed by atoms with E-state index in [2.05, 4.69) is 72.8 Å². The van der Waals surface area contributed by atoms with Crippen molar-refractivity contribution < 1.29 is 18.9 Å². The SMILES string of the molecule is C1=CC(c2cc3ccccc3[cH-]2)c2ccccc21.[Li+]. The first-order valence-corrected chi connectivity index (χ1v) is 6.34. The van der Waals surface area contributed by atoms with Gasteiger partial charge in [0.1, 0.15) is 0 Å². The fourth-order valence-corrected chi connectivity index (χ4v) is 2.89. The van der Waals surface area contributed by atoms with Crippen LogP contribution in [-0.2, 0) is 0 Å². The molecule has 0 nitrogen and oxygen atoms in total. The van der Waals surface area contributed by atoms with E-state index in [1.165, 1.54) is 27.5 Å². The first kappa shape index (κ1) is 12.4. The smallest absolute Gasteiger partial charge is 0.164 e. The number of allylic oxidation sites excluding steroid dienone is 1. The molecule has 0 heterocycles. The monoisotopic (exact) mass is 236 g/mol. The van der Waals surface area contributed by atoms with E-state index in [1.54, 1.807) is 0 Å². The van der Waals surface area contributed by atoms with Gasteiger partial charge in [0.25, 0.3) is 0 Å². The Kier molecular flexibility index (Phi) is 3.15. The molecule has 0 amide bonds. The fourth-order valence-electron chi connectivity index (χ4n) is 2.89. The number of benzene rings is 2. The summed E-state index contributed by atoms with van der Waals surface area (Å²) in [5.74, 6) is 0.425. The third kappa shape index (κ3) is 1.98. The third-order valence-corrected chi connectivity index (χ3v) is 3.80. The molecule has 1 atom stereocenters. The average Bonchev–Trinajstić information content (AvgIpc) is 3.02. The van der Waals surface area contributed by atoms with Gasteiger partial charge in [-0.1, -0.05) is 42.5 Å². The topological polar surface area (TPSA) is 0 Å². The number of hydrogen-bond donors (Lipinski definition) is 0. The Morgan fingerprint density at radius 1 is 0.895 bits per heavy atom. The Hall–Kier alpha value is -1.61. The van der Waals surface area contributed by atoms with Gasteiger partial charge < -0.3 is 0 Å². The van der Waals surface area contributed by atoms with Crippen molar-refractivity contribution >= 4 is 16.8 Å². The van der Waals surface area contributed by atoms with Crippen molar-refractivity contribution in [2.75, 3.05) is 0 Å². The van der Waals surface area contributed by atoms with Gasteiger partial charge in [0.2, 0.25) is 0 Å². The normalized spacial score (nSPS) is 16.3. The van der Waals surface area contributed by atoms with Crippen LogP contribution in [0.15, 0.2) is 66.7 Å². The van der Waals surface area contributed by atoms with Crippen molar-refractivity contribution in [1.29, 1.82) is 0 Å². The molecule has 0 N–H and O–H groups in total. The zero-order chi connectivity index (χ0) is 11.9. The van der Waals surface area contributed by atoms with Crippen molar-refractivity contribution in [2.45, 2.75) is 5.92 Å². The molecular formula is C18H13Li. The van der Waals surface area contributed by atoms with Gasteiger partial charge in [-0.05, 0) is 11.1 Å². The molecule has 0 bridgehead atoms. The quantitative estimate of drug-likeness (QED) is 0.446. The molecular weight excluding hydrogens is 223 g/mol. The zero-order valence-corrected chi connectivity index (χ0v) is 11.0. The average molecular weight is 236 g/mol. The fraction of sp³-hybridized carbons (Fsp3) is 0.0556. The summed E-state index contributed by atoms with van der Waals surface area (Å²) in [6, 6.07) is 21.8. The van der Waals surface area contributed by atoms with Gasteiger partial charge in [-0.2, -0.15) is 6.07 Å². The second-order valence-electron chi connectivity index (χ2n) is 4.88. The Balaban J connectivity index is 0.00000110. The summed E-state index contributed by atoms with van der Waals surface area (Å²) in [5.41, 5.74) is 4.18. The molecule has 0 aliphatic heterocycles. The molecule has 0 spiro atoms. The Morgan fingerprint density at radius 2 is 1.68 bits per heavy atom. The van der Waals surface area contributed by atoms with Crippen LogP contribution in [0.2, 0.25) is 0 Å². The van der Waals surface area contributed by atoms with Gasteiger partial charge in [0, 0.05) is 5.92 Å². The summed E-state index contributed by atoms with van der Waals surface area (Å²) < 4.78 is 0. The zero-order valence-electron chi connectivity index (χ0n) is 11.0. The minimum Gasteiger partial charge on any atom is -0.164 e. The maximum Gasteiger partial charge on any atom is 1.00 e. The van der Waals surface area contributed by atoms with E-state index >= 15 is 0 Å². The molecule has 3 aromatic carbocycles.